The fraction of sp³-hybridized carbons (Fsp3) is 0.615. The van der Waals surface area contributed by atoms with Crippen LogP contribution in [0.4, 0.5) is 0 Å². The van der Waals surface area contributed by atoms with Crippen molar-refractivity contribution in [3.05, 3.63) is 24.5 Å². The van der Waals surface area contributed by atoms with Gasteiger partial charge in [-0.25, -0.2) is 0 Å². The third kappa shape index (κ3) is 3.25. The lowest BCUT2D eigenvalue weighted by Crippen LogP contribution is -2.43. The van der Waals surface area contributed by atoms with Crippen molar-refractivity contribution in [3.63, 3.8) is 0 Å². The molecule has 0 aromatic carbocycles. The van der Waals surface area contributed by atoms with E-state index in [1.54, 1.807) is 0 Å². The summed E-state index contributed by atoms with van der Waals surface area (Å²) in [5.74, 6) is 0.209. The first-order valence-corrected chi connectivity index (χ1v) is 6.45. The molecule has 1 amide bonds. The molecule has 0 radical (unpaired) electrons. The highest BCUT2D eigenvalue weighted by molar-refractivity contribution is 5.82. The van der Waals surface area contributed by atoms with Crippen molar-refractivity contribution in [2.75, 3.05) is 18.5 Å². The molecule has 1 aromatic rings. The SMILES string of the molecule is CC(Nn1cccc1)C(=O)N1CCCCCC1. The van der Waals surface area contributed by atoms with E-state index in [1.807, 2.05) is 41.0 Å². The third-order valence-electron chi connectivity index (χ3n) is 3.24. The maximum absolute atomic E-state index is 12.2. The zero-order valence-electron chi connectivity index (χ0n) is 10.4. The van der Waals surface area contributed by atoms with Crippen LogP contribution in [0.1, 0.15) is 32.6 Å². The van der Waals surface area contributed by atoms with E-state index in [1.165, 1.54) is 12.8 Å². The first-order chi connectivity index (χ1) is 8.27. The van der Waals surface area contributed by atoms with Gasteiger partial charge in [0.05, 0.1) is 0 Å². The number of rotatable bonds is 3. The molecule has 2 rings (SSSR count). The second kappa shape index (κ2) is 5.75. The molecule has 0 spiro atoms. The smallest absolute Gasteiger partial charge is 0.246 e. The van der Waals surface area contributed by atoms with Crippen molar-refractivity contribution in [2.24, 2.45) is 0 Å². The van der Waals surface area contributed by atoms with Crippen LogP contribution in [0.25, 0.3) is 0 Å². The molecule has 1 fully saturated rings. The predicted molar refractivity (Wildman–Crippen MR) is 68.3 cm³/mol. The lowest BCUT2D eigenvalue weighted by atomic mass is 10.2. The number of carbonyl (C=O) groups excluding carboxylic acids is 1. The molecule has 1 aliphatic heterocycles. The van der Waals surface area contributed by atoms with Crippen molar-refractivity contribution in [3.8, 4) is 0 Å². The van der Waals surface area contributed by atoms with Gasteiger partial charge in [-0.2, -0.15) is 0 Å². The average molecular weight is 235 g/mol. The quantitative estimate of drug-likeness (QED) is 0.867. The number of likely N-dealkylation sites (tertiary alicyclic amines) is 1. The molecular weight excluding hydrogens is 214 g/mol. The summed E-state index contributed by atoms with van der Waals surface area (Å²) < 4.78 is 1.83. The van der Waals surface area contributed by atoms with Crippen LogP contribution in [0.5, 0.6) is 0 Å². The van der Waals surface area contributed by atoms with Crippen LogP contribution in [0.3, 0.4) is 0 Å². The minimum Gasteiger partial charge on any atom is -0.341 e. The zero-order valence-corrected chi connectivity index (χ0v) is 10.4. The fourth-order valence-electron chi connectivity index (χ4n) is 2.26. The Morgan fingerprint density at radius 1 is 1.12 bits per heavy atom. The molecule has 94 valence electrons. The standard InChI is InChI=1S/C13H21N3O/c1-12(14-16-10-6-7-11-16)13(17)15-8-4-2-3-5-9-15/h6-7,10-12,14H,2-5,8-9H2,1H3. The van der Waals surface area contributed by atoms with Crippen molar-refractivity contribution < 1.29 is 4.79 Å². The highest BCUT2D eigenvalue weighted by atomic mass is 16.2. The summed E-state index contributed by atoms with van der Waals surface area (Å²) in [5.41, 5.74) is 3.16. The first-order valence-electron chi connectivity index (χ1n) is 6.45. The maximum atomic E-state index is 12.2. The molecule has 1 aromatic heterocycles. The normalized spacial score (nSPS) is 18.5. The topological polar surface area (TPSA) is 37.3 Å². The Labute approximate surface area is 103 Å². The van der Waals surface area contributed by atoms with Crippen LogP contribution in [0.15, 0.2) is 24.5 Å². The lowest BCUT2D eigenvalue weighted by molar-refractivity contribution is -0.131. The molecule has 2 heterocycles. The first kappa shape index (κ1) is 12.0. The number of aromatic nitrogens is 1. The Morgan fingerprint density at radius 3 is 2.29 bits per heavy atom. The minimum absolute atomic E-state index is 0.166. The highest BCUT2D eigenvalue weighted by Gasteiger charge is 2.21. The predicted octanol–water partition coefficient (Wildman–Crippen LogP) is 1.82. The Bertz CT molecular complexity index is 340. The van der Waals surface area contributed by atoms with Crippen molar-refractivity contribution in [1.29, 1.82) is 0 Å². The van der Waals surface area contributed by atoms with Gasteiger partial charge in [-0.15, -0.1) is 0 Å². The summed E-state index contributed by atoms with van der Waals surface area (Å²) in [6, 6.07) is 3.72. The lowest BCUT2D eigenvalue weighted by Gasteiger charge is -2.25. The van der Waals surface area contributed by atoms with Gasteiger partial charge in [-0.3, -0.25) is 9.47 Å². The van der Waals surface area contributed by atoms with E-state index in [-0.39, 0.29) is 11.9 Å². The Kier molecular flexibility index (Phi) is 4.07. The van der Waals surface area contributed by atoms with Crippen LogP contribution in [0.2, 0.25) is 0 Å². The monoisotopic (exact) mass is 235 g/mol. The van der Waals surface area contributed by atoms with Gasteiger partial charge in [0.2, 0.25) is 5.91 Å². The Balaban J connectivity index is 1.89. The van der Waals surface area contributed by atoms with Crippen molar-refractivity contribution >= 4 is 5.91 Å². The molecule has 0 aliphatic carbocycles. The number of hydrogen-bond acceptors (Lipinski definition) is 2. The van der Waals surface area contributed by atoms with Gasteiger partial charge in [0.25, 0.3) is 0 Å². The van der Waals surface area contributed by atoms with Crippen molar-refractivity contribution in [1.82, 2.24) is 9.58 Å². The summed E-state index contributed by atoms with van der Waals surface area (Å²) in [7, 11) is 0. The number of nitrogens with one attached hydrogen (secondary N) is 1. The van der Waals surface area contributed by atoms with E-state index < -0.39 is 0 Å². The van der Waals surface area contributed by atoms with Gasteiger partial charge in [0, 0.05) is 25.5 Å². The van der Waals surface area contributed by atoms with Crippen LogP contribution in [-0.4, -0.2) is 34.6 Å². The van der Waals surface area contributed by atoms with E-state index in [0.29, 0.717) is 0 Å². The van der Waals surface area contributed by atoms with Gasteiger partial charge in [-0.1, -0.05) is 12.8 Å². The molecule has 1 saturated heterocycles. The molecule has 1 aliphatic rings. The minimum atomic E-state index is -0.166. The summed E-state index contributed by atoms with van der Waals surface area (Å²) in [4.78, 5) is 14.2. The molecule has 17 heavy (non-hydrogen) atoms. The zero-order chi connectivity index (χ0) is 12.1. The summed E-state index contributed by atoms with van der Waals surface area (Å²) in [5, 5.41) is 0. The number of amides is 1. The van der Waals surface area contributed by atoms with E-state index in [4.69, 9.17) is 0 Å². The Morgan fingerprint density at radius 2 is 1.71 bits per heavy atom. The van der Waals surface area contributed by atoms with E-state index in [2.05, 4.69) is 5.43 Å². The second-order valence-corrected chi connectivity index (χ2v) is 4.68. The van der Waals surface area contributed by atoms with Gasteiger partial charge < -0.3 is 10.3 Å². The fourth-order valence-corrected chi connectivity index (χ4v) is 2.26. The molecule has 4 heteroatoms. The molecule has 1 N–H and O–H groups in total. The molecule has 4 nitrogen and oxygen atoms in total. The third-order valence-corrected chi connectivity index (χ3v) is 3.24. The average Bonchev–Trinajstić information content (AvgIpc) is 2.68. The number of carbonyl (C=O) groups is 1. The van der Waals surface area contributed by atoms with Crippen molar-refractivity contribution in [2.45, 2.75) is 38.6 Å². The number of nitrogens with zero attached hydrogens (tertiary/aromatic N) is 2. The van der Waals surface area contributed by atoms with E-state index >= 15 is 0 Å². The van der Waals surface area contributed by atoms with Crippen LogP contribution >= 0.6 is 0 Å². The van der Waals surface area contributed by atoms with E-state index in [9.17, 15) is 4.79 Å². The summed E-state index contributed by atoms with van der Waals surface area (Å²) in [6.07, 6.45) is 8.61. The van der Waals surface area contributed by atoms with Gasteiger partial charge in [0.15, 0.2) is 0 Å². The Hall–Kier alpha value is -1.45. The van der Waals surface area contributed by atoms with Gasteiger partial charge in [0.1, 0.15) is 6.04 Å². The maximum Gasteiger partial charge on any atom is 0.246 e. The molecule has 0 bridgehead atoms. The molecular formula is C13H21N3O. The van der Waals surface area contributed by atoms with Gasteiger partial charge in [-0.05, 0) is 31.9 Å². The summed E-state index contributed by atoms with van der Waals surface area (Å²) in [6.45, 7) is 3.75. The van der Waals surface area contributed by atoms with Crippen LogP contribution < -0.4 is 5.43 Å². The molecule has 1 unspecified atom stereocenters. The molecule has 1 atom stereocenters. The van der Waals surface area contributed by atoms with E-state index in [0.717, 1.165) is 25.9 Å². The van der Waals surface area contributed by atoms with Gasteiger partial charge >= 0.3 is 0 Å². The highest BCUT2D eigenvalue weighted by Crippen LogP contribution is 2.10. The molecule has 0 saturated carbocycles. The summed E-state index contributed by atoms with van der Waals surface area (Å²) >= 11 is 0. The number of hydrogen-bond donors (Lipinski definition) is 1. The largest absolute Gasteiger partial charge is 0.341 e. The van der Waals surface area contributed by atoms with Crippen LogP contribution in [-0.2, 0) is 4.79 Å². The second-order valence-electron chi connectivity index (χ2n) is 4.68. The van der Waals surface area contributed by atoms with Crippen LogP contribution in [0, 0.1) is 0 Å².